The minimum Gasteiger partial charge on any atom is -0.384 e. The molecule has 5 heteroatoms. The van der Waals surface area contributed by atoms with Crippen LogP contribution >= 0.6 is 0 Å². The lowest BCUT2D eigenvalue weighted by Gasteiger charge is -2.21. The summed E-state index contributed by atoms with van der Waals surface area (Å²) in [6.45, 7) is 3.04. The largest absolute Gasteiger partial charge is 0.384 e. The molecule has 5 nitrogen and oxygen atoms in total. The summed E-state index contributed by atoms with van der Waals surface area (Å²) in [5.74, 6) is 0. The quantitative estimate of drug-likeness (QED) is 0.576. The number of rotatable bonds is 3. The lowest BCUT2D eigenvalue weighted by Crippen LogP contribution is -2.32. The number of aliphatic hydroxyl groups is 1. The molecule has 0 radical (unpaired) electrons. The van der Waals surface area contributed by atoms with Gasteiger partial charge in [0.05, 0.1) is 10.5 Å². The predicted octanol–water partition coefficient (Wildman–Crippen LogP) is 1.07. The maximum absolute atomic E-state index is 10.9. The SMILES string of the molecule is Cc1cccc(C(C)(O)CN)c1[N+](=O)[O-]. The van der Waals surface area contributed by atoms with Crippen LogP contribution in [0.15, 0.2) is 18.2 Å². The first kappa shape index (κ1) is 11.6. The second kappa shape index (κ2) is 3.96. The summed E-state index contributed by atoms with van der Waals surface area (Å²) in [5.41, 5.74) is 4.74. The zero-order valence-electron chi connectivity index (χ0n) is 8.73. The Morgan fingerprint density at radius 3 is 2.67 bits per heavy atom. The Labute approximate surface area is 87.7 Å². The number of nitro groups is 1. The van der Waals surface area contributed by atoms with Crippen LogP contribution in [-0.4, -0.2) is 16.6 Å². The van der Waals surface area contributed by atoms with Crippen LogP contribution in [0.4, 0.5) is 5.69 Å². The Kier molecular flexibility index (Phi) is 3.06. The monoisotopic (exact) mass is 210 g/mol. The molecule has 0 saturated carbocycles. The summed E-state index contributed by atoms with van der Waals surface area (Å²) in [5, 5.41) is 20.8. The Morgan fingerprint density at radius 2 is 2.20 bits per heavy atom. The van der Waals surface area contributed by atoms with Crippen LogP contribution in [-0.2, 0) is 5.60 Å². The molecule has 0 aliphatic rings. The van der Waals surface area contributed by atoms with Crippen LogP contribution < -0.4 is 5.73 Å². The van der Waals surface area contributed by atoms with E-state index in [-0.39, 0.29) is 17.8 Å². The van der Waals surface area contributed by atoms with E-state index >= 15 is 0 Å². The minimum absolute atomic E-state index is 0.0582. The summed E-state index contributed by atoms with van der Waals surface area (Å²) >= 11 is 0. The molecule has 1 aromatic carbocycles. The first-order chi connectivity index (χ1) is 6.90. The van der Waals surface area contributed by atoms with Gasteiger partial charge in [-0.3, -0.25) is 10.1 Å². The van der Waals surface area contributed by atoms with Crippen LogP contribution in [0.2, 0.25) is 0 Å². The second-order valence-corrected chi connectivity index (χ2v) is 3.71. The van der Waals surface area contributed by atoms with Crippen molar-refractivity contribution >= 4 is 5.69 Å². The minimum atomic E-state index is -1.37. The fourth-order valence-electron chi connectivity index (χ4n) is 1.45. The van der Waals surface area contributed by atoms with E-state index in [9.17, 15) is 15.2 Å². The maximum atomic E-state index is 10.9. The van der Waals surface area contributed by atoms with Crippen molar-refractivity contribution in [1.29, 1.82) is 0 Å². The Morgan fingerprint density at radius 1 is 1.60 bits per heavy atom. The molecular formula is C10H14N2O3. The van der Waals surface area contributed by atoms with Crippen LogP contribution in [0.5, 0.6) is 0 Å². The van der Waals surface area contributed by atoms with Crippen molar-refractivity contribution in [3.63, 3.8) is 0 Å². The smallest absolute Gasteiger partial charge is 0.278 e. The van der Waals surface area contributed by atoms with Gasteiger partial charge >= 0.3 is 0 Å². The average Bonchev–Trinajstić information content (AvgIpc) is 2.16. The van der Waals surface area contributed by atoms with E-state index in [0.29, 0.717) is 5.56 Å². The van der Waals surface area contributed by atoms with Gasteiger partial charge < -0.3 is 10.8 Å². The van der Waals surface area contributed by atoms with Crippen LogP contribution in [0, 0.1) is 17.0 Å². The Bertz CT molecular complexity index is 388. The van der Waals surface area contributed by atoms with Gasteiger partial charge in [0, 0.05) is 12.1 Å². The first-order valence-electron chi connectivity index (χ1n) is 4.57. The van der Waals surface area contributed by atoms with Gasteiger partial charge in [-0.05, 0) is 19.9 Å². The molecule has 0 aromatic heterocycles. The highest BCUT2D eigenvalue weighted by atomic mass is 16.6. The summed E-state index contributed by atoms with van der Waals surface area (Å²) in [7, 11) is 0. The Hall–Kier alpha value is -1.46. The summed E-state index contributed by atoms with van der Waals surface area (Å²) in [6, 6.07) is 4.83. The standard InChI is InChI=1S/C10H14N2O3/c1-7-4-3-5-8(9(7)12(14)15)10(2,13)6-11/h3-5,13H,6,11H2,1-2H3. The van der Waals surface area contributed by atoms with Crippen molar-refractivity contribution in [3.8, 4) is 0 Å². The van der Waals surface area contributed by atoms with Crippen molar-refractivity contribution in [2.45, 2.75) is 19.4 Å². The topological polar surface area (TPSA) is 89.4 Å². The van der Waals surface area contributed by atoms with E-state index in [0.717, 1.165) is 0 Å². The molecule has 0 aliphatic carbocycles. The van der Waals surface area contributed by atoms with Crippen molar-refractivity contribution in [3.05, 3.63) is 39.4 Å². The van der Waals surface area contributed by atoms with Gasteiger partial charge in [-0.15, -0.1) is 0 Å². The van der Waals surface area contributed by atoms with Crippen LogP contribution in [0.25, 0.3) is 0 Å². The van der Waals surface area contributed by atoms with Crippen molar-refractivity contribution < 1.29 is 10.0 Å². The lowest BCUT2D eigenvalue weighted by atomic mass is 9.93. The summed E-state index contributed by atoms with van der Waals surface area (Å²) in [4.78, 5) is 10.4. The molecule has 0 spiro atoms. The molecule has 1 atom stereocenters. The van der Waals surface area contributed by atoms with E-state index in [1.54, 1.807) is 19.1 Å². The molecule has 0 heterocycles. The van der Waals surface area contributed by atoms with Crippen LogP contribution in [0.3, 0.4) is 0 Å². The number of benzene rings is 1. The molecule has 0 aliphatic heterocycles. The molecule has 1 rings (SSSR count). The highest BCUT2D eigenvalue weighted by Gasteiger charge is 2.30. The third kappa shape index (κ3) is 2.14. The van der Waals surface area contributed by atoms with E-state index in [1.807, 2.05) is 0 Å². The zero-order chi connectivity index (χ0) is 11.6. The fourth-order valence-corrected chi connectivity index (χ4v) is 1.45. The maximum Gasteiger partial charge on any atom is 0.278 e. The molecule has 1 aromatic rings. The van der Waals surface area contributed by atoms with Gasteiger partial charge in [0.1, 0.15) is 5.60 Å². The number of hydrogen-bond donors (Lipinski definition) is 2. The first-order valence-corrected chi connectivity index (χ1v) is 4.57. The summed E-state index contributed by atoms with van der Waals surface area (Å²) in [6.07, 6.45) is 0. The number of nitrogens with two attached hydrogens (primary N) is 1. The van der Waals surface area contributed by atoms with Crippen molar-refractivity contribution in [2.24, 2.45) is 5.73 Å². The van der Waals surface area contributed by atoms with Gasteiger partial charge in [0.25, 0.3) is 5.69 Å². The Balaban J connectivity index is 3.42. The van der Waals surface area contributed by atoms with Gasteiger partial charge in [-0.25, -0.2) is 0 Å². The number of nitrogens with zero attached hydrogens (tertiary/aromatic N) is 1. The molecule has 0 saturated heterocycles. The third-order valence-electron chi connectivity index (χ3n) is 2.40. The lowest BCUT2D eigenvalue weighted by molar-refractivity contribution is -0.387. The van der Waals surface area contributed by atoms with E-state index in [2.05, 4.69) is 0 Å². The summed E-state index contributed by atoms with van der Waals surface area (Å²) < 4.78 is 0. The molecule has 0 bridgehead atoms. The van der Waals surface area contributed by atoms with E-state index in [4.69, 9.17) is 5.73 Å². The highest BCUT2D eigenvalue weighted by molar-refractivity contribution is 5.49. The number of nitro benzene ring substituents is 1. The van der Waals surface area contributed by atoms with Gasteiger partial charge in [0.15, 0.2) is 0 Å². The number of hydrogen-bond acceptors (Lipinski definition) is 4. The second-order valence-electron chi connectivity index (χ2n) is 3.71. The molecule has 82 valence electrons. The van der Waals surface area contributed by atoms with Crippen LogP contribution in [0.1, 0.15) is 18.1 Å². The number of aryl methyl sites for hydroxylation is 1. The molecule has 15 heavy (non-hydrogen) atoms. The fraction of sp³-hybridized carbons (Fsp3) is 0.400. The van der Waals surface area contributed by atoms with Gasteiger partial charge in [-0.2, -0.15) is 0 Å². The molecule has 1 unspecified atom stereocenters. The third-order valence-corrected chi connectivity index (χ3v) is 2.40. The van der Waals surface area contributed by atoms with E-state index < -0.39 is 10.5 Å². The van der Waals surface area contributed by atoms with Crippen molar-refractivity contribution in [1.82, 2.24) is 0 Å². The van der Waals surface area contributed by atoms with Gasteiger partial charge in [-0.1, -0.05) is 12.1 Å². The van der Waals surface area contributed by atoms with E-state index in [1.165, 1.54) is 13.0 Å². The molecule has 0 fully saturated rings. The predicted molar refractivity (Wildman–Crippen MR) is 56.5 cm³/mol. The number of para-hydroxylation sites is 1. The molecule has 0 amide bonds. The average molecular weight is 210 g/mol. The zero-order valence-corrected chi connectivity index (χ0v) is 8.73. The molecule has 3 N–H and O–H groups in total. The molecular weight excluding hydrogens is 196 g/mol. The van der Waals surface area contributed by atoms with Gasteiger partial charge in [0.2, 0.25) is 0 Å². The normalized spacial score (nSPS) is 14.7. The highest BCUT2D eigenvalue weighted by Crippen LogP contribution is 2.31. The van der Waals surface area contributed by atoms with Crippen molar-refractivity contribution in [2.75, 3.05) is 6.54 Å².